The molecule has 0 aliphatic heterocycles. The van der Waals surface area contributed by atoms with Gasteiger partial charge in [-0.1, -0.05) is 54.6 Å². The number of nitrogens with zero attached hydrogens (tertiary/aromatic N) is 1. The van der Waals surface area contributed by atoms with Gasteiger partial charge in [-0.25, -0.2) is 4.79 Å². The van der Waals surface area contributed by atoms with Crippen LogP contribution in [0.5, 0.6) is 0 Å². The Morgan fingerprint density at radius 3 is 2.29 bits per heavy atom. The van der Waals surface area contributed by atoms with E-state index >= 15 is 0 Å². The van der Waals surface area contributed by atoms with Crippen LogP contribution in [-0.4, -0.2) is 41.5 Å². The summed E-state index contributed by atoms with van der Waals surface area (Å²) in [6.07, 6.45) is 0.861. The first-order chi connectivity index (χ1) is 16.0. The maximum Gasteiger partial charge on any atom is 0.408 e. The number of ether oxygens (including phenoxy) is 1. The zero-order valence-corrected chi connectivity index (χ0v) is 20.7. The van der Waals surface area contributed by atoms with Gasteiger partial charge in [-0.05, 0) is 56.9 Å². The van der Waals surface area contributed by atoms with Crippen LogP contribution in [0.15, 0.2) is 61.2 Å². The van der Waals surface area contributed by atoms with Gasteiger partial charge in [0.15, 0.2) is 0 Å². The highest BCUT2D eigenvalue weighted by atomic mass is 16.6. The number of carbonyl (C=O) groups is 3. The smallest absolute Gasteiger partial charge is 0.408 e. The second kappa shape index (κ2) is 12.0. The summed E-state index contributed by atoms with van der Waals surface area (Å²) in [5.41, 5.74) is 3.04. The Morgan fingerprint density at radius 1 is 1.03 bits per heavy atom. The van der Waals surface area contributed by atoms with Gasteiger partial charge in [-0.2, -0.15) is 0 Å². The highest BCUT2D eigenvalue weighted by molar-refractivity contribution is 5.90. The third-order valence-electron chi connectivity index (χ3n) is 5.15. The molecule has 2 N–H and O–H groups in total. The Bertz CT molecular complexity index is 1010. The van der Waals surface area contributed by atoms with Gasteiger partial charge in [0.1, 0.15) is 18.2 Å². The van der Waals surface area contributed by atoms with Crippen LogP contribution in [0, 0.1) is 13.8 Å². The molecule has 0 saturated carbocycles. The molecule has 34 heavy (non-hydrogen) atoms. The number of amides is 3. The number of nitrogens with one attached hydrogen (secondary N) is 2. The molecule has 0 aliphatic carbocycles. The van der Waals surface area contributed by atoms with E-state index in [1.54, 1.807) is 26.8 Å². The van der Waals surface area contributed by atoms with Gasteiger partial charge in [0.25, 0.3) is 0 Å². The minimum atomic E-state index is -0.894. The summed E-state index contributed by atoms with van der Waals surface area (Å²) < 4.78 is 5.22. The monoisotopic (exact) mass is 465 g/mol. The van der Waals surface area contributed by atoms with Crippen molar-refractivity contribution >= 4 is 17.9 Å². The van der Waals surface area contributed by atoms with Crippen molar-refractivity contribution in [2.45, 2.75) is 52.8 Å². The largest absolute Gasteiger partial charge is 0.444 e. The predicted molar refractivity (Wildman–Crippen MR) is 133 cm³/mol. The molecule has 0 aromatic heterocycles. The molecule has 2 rings (SSSR count). The number of hydrogen-bond donors (Lipinski definition) is 2. The fourth-order valence-corrected chi connectivity index (χ4v) is 3.34. The standard InChI is InChI=1S/C27H35N3O4/c1-7-15-30(23(31)18-29-26(33)34-27(4,5)6)24(22-14-13-19(2)20(3)16-22)25(32)28-17-21-11-9-8-10-12-21/h7-14,16,24H,1,15,17-18H2,2-6H3,(H,28,32)(H,29,33). The third kappa shape index (κ3) is 8.06. The lowest BCUT2D eigenvalue weighted by Gasteiger charge is -2.31. The second-order valence-electron chi connectivity index (χ2n) is 9.14. The molecular formula is C27H35N3O4. The molecule has 0 heterocycles. The van der Waals surface area contributed by atoms with Crippen molar-refractivity contribution in [1.82, 2.24) is 15.5 Å². The highest BCUT2D eigenvalue weighted by Gasteiger charge is 2.31. The van der Waals surface area contributed by atoms with E-state index in [0.29, 0.717) is 12.1 Å². The van der Waals surface area contributed by atoms with Crippen molar-refractivity contribution < 1.29 is 19.1 Å². The van der Waals surface area contributed by atoms with Crippen LogP contribution in [0.1, 0.15) is 49.1 Å². The lowest BCUT2D eigenvalue weighted by Crippen LogP contribution is -2.47. The van der Waals surface area contributed by atoms with Crippen molar-refractivity contribution in [1.29, 1.82) is 0 Å². The first kappa shape index (κ1) is 26.6. The molecule has 3 amide bonds. The Kier molecular flexibility index (Phi) is 9.42. The van der Waals surface area contributed by atoms with Crippen LogP contribution < -0.4 is 10.6 Å². The molecule has 182 valence electrons. The summed E-state index contributed by atoms with van der Waals surface area (Å²) in [7, 11) is 0. The molecule has 0 fully saturated rings. The Labute approximate surface area is 202 Å². The van der Waals surface area contributed by atoms with Gasteiger partial charge in [0, 0.05) is 13.1 Å². The van der Waals surface area contributed by atoms with E-state index in [-0.39, 0.29) is 19.0 Å². The predicted octanol–water partition coefficient (Wildman–Crippen LogP) is 4.20. The first-order valence-corrected chi connectivity index (χ1v) is 11.3. The van der Waals surface area contributed by atoms with Crippen molar-refractivity contribution in [3.8, 4) is 0 Å². The number of aryl methyl sites for hydroxylation is 2. The number of carbonyl (C=O) groups excluding carboxylic acids is 3. The Hall–Kier alpha value is -3.61. The molecule has 0 bridgehead atoms. The zero-order chi connectivity index (χ0) is 25.3. The summed E-state index contributed by atoms with van der Waals surface area (Å²) in [6.45, 7) is 13.1. The van der Waals surface area contributed by atoms with Gasteiger partial charge in [-0.15, -0.1) is 6.58 Å². The number of hydrogen-bond acceptors (Lipinski definition) is 4. The van der Waals surface area contributed by atoms with Crippen LogP contribution in [0.2, 0.25) is 0 Å². The lowest BCUT2D eigenvalue weighted by atomic mass is 9.98. The fraction of sp³-hybridized carbons (Fsp3) is 0.370. The number of benzene rings is 2. The van der Waals surface area contributed by atoms with Crippen molar-refractivity contribution in [3.63, 3.8) is 0 Å². The minimum absolute atomic E-state index is 0.130. The molecule has 1 unspecified atom stereocenters. The number of alkyl carbamates (subject to hydrolysis) is 1. The van der Waals surface area contributed by atoms with Gasteiger partial charge in [-0.3, -0.25) is 9.59 Å². The van der Waals surface area contributed by atoms with Crippen LogP contribution in [0.3, 0.4) is 0 Å². The quantitative estimate of drug-likeness (QED) is 0.544. The molecule has 0 saturated heterocycles. The fourth-order valence-electron chi connectivity index (χ4n) is 3.34. The maximum absolute atomic E-state index is 13.4. The highest BCUT2D eigenvalue weighted by Crippen LogP contribution is 2.24. The molecule has 7 heteroatoms. The molecule has 2 aromatic rings. The third-order valence-corrected chi connectivity index (χ3v) is 5.15. The normalized spacial score (nSPS) is 11.8. The summed E-state index contributed by atoms with van der Waals surface area (Å²) in [5.74, 6) is -0.747. The average molecular weight is 466 g/mol. The number of rotatable bonds is 9. The topological polar surface area (TPSA) is 87.7 Å². The van der Waals surface area contributed by atoms with Crippen molar-refractivity contribution in [2.75, 3.05) is 13.1 Å². The molecule has 2 aromatic carbocycles. The molecule has 0 aliphatic rings. The second-order valence-corrected chi connectivity index (χ2v) is 9.14. The molecule has 7 nitrogen and oxygen atoms in total. The van der Waals surface area contributed by atoms with Gasteiger partial charge >= 0.3 is 6.09 Å². The molecular weight excluding hydrogens is 430 g/mol. The first-order valence-electron chi connectivity index (χ1n) is 11.3. The molecule has 0 spiro atoms. The Balaban J connectivity index is 2.29. The summed E-state index contributed by atoms with van der Waals surface area (Å²) in [5, 5.41) is 5.43. The summed E-state index contributed by atoms with van der Waals surface area (Å²) in [4.78, 5) is 40.1. The minimum Gasteiger partial charge on any atom is -0.444 e. The van der Waals surface area contributed by atoms with E-state index in [2.05, 4.69) is 17.2 Å². The lowest BCUT2D eigenvalue weighted by molar-refractivity contribution is -0.139. The van der Waals surface area contributed by atoms with Crippen molar-refractivity contribution in [2.24, 2.45) is 0 Å². The average Bonchev–Trinajstić information content (AvgIpc) is 2.77. The van der Waals surface area contributed by atoms with E-state index in [1.807, 2.05) is 62.4 Å². The van der Waals surface area contributed by atoms with Gasteiger partial charge in [0.05, 0.1) is 0 Å². The van der Waals surface area contributed by atoms with Gasteiger partial charge in [0.2, 0.25) is 11.8 Å². The summed E-state index contributed by atoms with van der Waals surface area (Å²) >= 11 is 0. The van der Waals surface area contributed by atoms with Crippen LogP contribution >= 0.6 is 0 Å². The zero-order valence-electron chi connectivity index (χ0n) is 20.7. The maximum atomic E-state index is 13.4. The van der Waals surface area contributed by atoms with Crippen LogP contribution in [-0.2, 0) is 20.9 Å². The van der Waals surface area contributed by atoms with E-state index in [4.69, 9.17) is 4.74 Å². The van der Waals surface area contributed by atoms with E-state index in [9.17, 15) is 14.4 Å². The van der Waals surface area contributed by atoms with Crippen LogP contribution in [0.25, 0.3) is 0 Å². The van der Waals surface area contributed by atoms with E-state index in [0.717, 1.165) is 16.7 Å². The summed E-state index contributed by atoms with van der Waals surface area (Å²) in [6, 6.07) is 14.3. The van der Waals surface area contributed by atoms with E-state index < -0.39 is 23.6 Å². The molecule has 1 atom stereocenters. The van der Waals surface area contributed by atoms with Crippen LogP contribution in [0.4, 0.5) is 4.79 Å². The SMILES string of the molecule is C=CCN(C(=O)CNC(=O)OC(C)(C)C)C(C(=O)NCc1ccccc1)c1ccc(C)c(C)c1. The molecule has 0 radical (unpaired) electrons. The van der Waals surface area contributed by atoms with Crippen molar-refractivity contribution in [3.05, 3.63) is 83.4 Å². The Morgan fingerprint density at radius 2 is 1.71 bits per heavy atom. The van der Waals surface area contributed by atoms with E-state index in [1.165, 1.54) is 4.90 Å². The van der Waals surface area contributed by atoms with Gasteiger partial charge < -0.3 is 20.3 Å².